The van der Waals surface area contributed by atoms with E-state index in [9.17, 15) is 9.18 Å². The van der Waals surface area contributed by atoms with Crippen molar-refractivity contribution in [2.75, 3.05) is 18.4 Å². The van der Waals surface area contributed by atoms with E-state index in [-0.39, 0.29) is 11.7 Å². The molecule has 3 rings (SSSR count). The molecular formula is C14H14FN4OS+. The molecule has 2 aromatic rings. The number of thiazole rings is 1. The standard InChI is InChI=1S/C14H13FN4OS/c15-10-3-1-9(2-4-10)7-11-8-18-14(21-11)19-13(20)12-16-5-6-17-12/h1-4,8H,5-7H2,(H,16,17)(H,18,19,20)/p+1. The molecule has 0 saturated heterocycles. The molecule has 3 N–H and O–H groups in total. The van der Waals surface area contributed by atoms with Gasteiger partial charge in [-0.05, 0) is 17.7 Å². The van der Waals surface area contributed by atoms with Crippen LogP contribution in [0.5, 0.6) is 0 Å². The van der Waals surface area contributed by atoms with E-state index in [0.29, 0.717) is 30.5 Å². The smallest absolute Gasteiger partial charge is 0.362 e. The van der Waals surface area contributed by atoms with Crippen LogP contribution in [0.3, 0.4) is 0 Å². The summed E-state index contributed by atoms with van der Waals surface area (Å²) in [5.41, 5.74) is 1.02. The van der Waals surface area contributed by atoms with Crippen molar-refractivity contribution < 1.29 is 14.2 Å². The highest BCUT2D eigenvalue weighted by atomic mass is 32.1. The highest BCUT2D eigenvalue weighted by molar-refractivity contribution is 7.15. The number of hydrogen-bond acceptors (Lipinski definition) is 4. The van der Waals surface area contributed by atoms with E-state index in [2.05, 4.69) is 20.6 Å². The summed E-state index contributed by atoms with van der Waals surface area (Å²) >= 11 is 1.46. The van der Waals surface area contributed by atoms with Crippen molar-refractivity contribution in [2.45, 2.75) is 6.42 Å². The molecule has 0 spiro atoms. The van der Waals surface area contributed by atoms with Gasteiger partial charge in [0.05, 0.1) is 11.4 Å². The van der Waals surface area contributed by atoms with Gasteiger partial charge < -0.3 is 5.32 Å². The van der Waals surface area contributed by atoms with E-state index < -0.39 is 0 Å². The summed E-state index contributed by atoms with van der Waals surface area (Å²) in [6.07, 6.45) is 2.53. The number of anilines is 1. The van der Waals surface area contributed by atoms with Crippen LogP contribution in [0.4, 0.5) is 9.52 Å². The highest BCUT2D eigenvalue weighted by Gasteiger charge is 2.21. The average Bonchev–Trinajstić information content (AvgIpc) is 3.13. The zero-order valence-corrected chi connectivity index (χ0v) is 12.0. The maximum atomic E-state index is 12.9. The third kappa shape index (κ3) is 3.43. The molecular weight excluding hydrogens is 291 g/mol. The second-order valence-corrected chi connectivity index (χ2v) is 5.74. The van der Waals surface area contributed by atoms with E-state index in [1.165, 1.54) is 23.5 Å². The molecule has 0 fully saturated rings. The fourth-order valence-corrected chi connectivity index (χ4v) is 2.88. The number of aromatic nitrogens is 1. The van der Waals surface area contributed by atoms with Crippen LogP contribution >= 0.6 is 11.3 Å². The van der Waals surface area contributed by atoms with Crippen LogP contribution in [-0.2, 0) is 11.2 Å². The highest BCUT2D eigenvalue weighted by Crippen LogP contribution is 2.18. The predicted molar refractivity (Wildman–Crippen MR) is 79.0 cm³/mol. The van der Waals surface area contributed by atoms with Gasteiger partial charge in [-0.15, -0.1) is 0 Å². The van der Waals surface area contributed by atoms with Crippen molar-refractivity contribution in [1.29, 1.82) is 0 Å². The molecule has 0 unspecified atom stereocenters. The molecule has 0 aliphatic carbocycles. The number of halogens is 1. The zero-order valence-electron chi connectivity index (χ0n) is 11.1. The van der Waals surface area contributed by atoms with Crippen molar-refractivity contribution >= 4 is 28.2 Å². The number of rotatable bonds is 4. The minimum atomic E-state index is -0.241. The van der Waals surface area contributed by atoms with Crippen molar-refractivity contribution in [3.8, 4) is 0 Å². The first-order valence-corrected chi connectivity index (χ1v) is 7.37. The predicted octanol–water partition coefficient (Wildman–Crippen LogP) is 1.23. The van der Waals surface area contributed by atoms with Gasteiger partial charge in [-0.1, -0.05) is 23.5 Å². The minimum absolute atomic E-state index is 0.237. The number of carbonyl (C=O) groups is 1. The van der Waals surface area contributed by atoms with E-state index in [4.69, 9.17) is 0 Å². The summed E-state index contributed by atoms with van der Waals surface area (Å²) in [5.74, 6) is -0.106. The Morgan fingerprint density at radius 3 is 2.95 bits per heavy atom. The average molecular weight is 305 g/mol. The number of amidine groups is 1. The maximum absolute atomic E-state index is 12.9. The fourth-order valence-electron chi connectivity index (χ4n) is 2.00. The summed E-state index contributed by atoms with van der Waals surface area (Å²) in [6, 6.07) is 6.40. The summed E-state index contributed by atoms with van der Waals surface area (Å²) in [7, 11) is 0. The Labute approximate surface area is 124 Å². The number of amides is 1. The number of H-pyrrole nitrogens is 1. The number of hydrogen-bond donors (Lipinski definition) is 2. The Morgan fingerprint density at radius 2 is 2.24 bits per heavy atom. The van der Waals surface area contributed by atoms with E-state index in [1.807, 2.05) is 6.20 Å². The molecule has 5 nitrogen and oxygen atoms in total. The van der Waals surface area contributed by atoms with Crippen molar-refractivity contribution in [1.82, 2.24) is 5.32 Å². The first-order valence-electron chi connectivity index (χ1n) is 6.55. The van der Waals surface area contributed by atoms with Crippen LogP contribution in [0, 0.1) is 5.82 Å². The van der Waals surface area contributed by atoms with Crippen LogP contribution in [0.25, 0.3) is 0 Å². The second-order valence-electron chi connectivity index (χ2n) is 4.60. The molecule has 1 aliphatic heterocycles. The van der Waals surface area contributed by atoms with Crippen LogP contribution in [-0.4, -0.2) is 24.8 Å². The lowest BCUT2D eigenvalue weighted by Gasteiger charge is -1.97. The molecule has 1 amide bonds. The molecule has 0 bridgehead atoms. The molecule has 0 atom stereocenters. The Hall–Kier alpha value is -2.28. The van der Waals surface area contributed by atoms with Gasteiger partial charge in [-0.3, -0.25) is 4.99 Å². The van der Waals surface area contributed by atoms with Gasteiger partial charge in [0.2, 0.25) is 5.84 Å². The number of carbonyl (C=O) groups excluding carboxylic acids is 1. The first-order chi connectivity index (χ1) is 10.2. The van der Waals surface area contributed by atoms with Gasteiger partial charge in [0, 0.05) is 13.0 Å². The third-order valence-corrected chi connectivity index (χ3v) is 3.95. The Balaban J connectivity index is 1.63. The van der Waals surface area contributed by atoms with Crippen LogP contribution < -0.4 is 15.6 Å². The zero-order chi connectivity index (χ0) is 14.7. The molecule has 2 heterocycles. The van der Waals surface area contributed by atoms with Gasteiger partial charge >= 0.3 is 11.0 Å². The fraction of sp³-hybridized carbons (Fsp3) is 0.214. The Kier molecular flexibility index (Phi) is 3.92. The lowest BCUT2D eigenvalue weighted by Crippen LogP contribution is -2.33. The minimum Gasteiger partial charge on any atom is -0.362 e. The number of nitrogens with one attached hydrogen (secondary N) is 3. The SMILES string of the molecule is O=C(Nc1[nH+]cc(Cc2ccc(F)cc2)s1)C1=NCCN1. The monoisotopic (exact) mass is 305 g/mol. The molecule has 0 saturated carbocycles. The third-order valence-electron chi connectivity index (χ3n) is 3.01. The normalized spacial score (nSPS) is 13.7. The quantitative estimate of drug-likeness (QED) is 0.892. The Bertz CT molecular complexity index is 681. The largest absolute Gasteiger partial charge is 0.374 e. The lowest BCUT2D eigenvalue weighted by molar-refractivity contribution is -0.354. The summed E-state index contributed by atoms with van der Waals surface area (Å²) in [4.78, 5) is 20.0. The molecule has 7 heteroatoms. The van der Waals surface area contributed by atoms with Crippen LogP contribution in [0.15, 0.2) is 35.5 Å². The summed E-state index contributed by atoms with van der Waals surface area (Å²) < 4.78 is 12.9. The molecule has 1 aromatic heterocycles. The molecule has 108 valence electrons. The number of aromatic amines is 1. The lowest BCUT2D eigenvalue weighted by atomic mass is 10.1. The molecule has 21 heavy (non-hydrogen) atoms. The molecule has 0 radical (unpaired) electrons. The van der Waals surface area contributed by atoms with Crippen molar-refractivity contribution in [2.24, 2.45) is 4.99 Å². The van der Waals surface area contributed by atoms with Crippen molar-refractivity contribution in [3.05, 3.63) is 46.7 Å². The number of aliphatic imine (C=N–C) groups is 1. The van der Waals surface area contributed by atoms with Crippen LogP contribution in [0.2, 0.25) is 0 Å². The molecule has 1 aromatic carbocycles. The summed E-state index contributed by atoms with van der Waals surface area (Å²) in [5, 5.41) is 6.35. The Morgan fingerprint density at radius 1 is 1.43 bits per heavy atom. The van der Waals surface area contributed by atoms with Gasteiger partial charge in [-0.2, -0.15) is 5.32 Å². The van der Waals surface area contributed by atoms with Crippen LogP contribution in [0.1, 0.15) is 10.4 Å². The second kappa shape index (κ2) is 6.01. The molecule has 1 aliphatic rings. The number of benzene rings is 1. The van der Waals surface area contributed by atoms with Gasteiger partial charge in [0.15, 0.2) is 0 Å². The first kappa shape index (κ1) is 13.7. The van der Waals surface area contributed by atoms with Crippen molar-refractivity contribution in [3.63, 3.8) is 0 Å². The maximum Gasteiger partial charge on any atom is 0.374 e. The topological polar surface area (TPSA) is 67.6 Å². The van der Waals surface area contributed by atoms with E-state index in [1.54, 1.807) is 12.1 Å². The van der Waals surface area contributed by atoms with E-state index >= 15 is 0 Å². The summed E-state index contributed by atoms with van der Waals surface area (Å²) in [6.45, 7) is 1.33. The van der Waals surface area contributed by atoms with Gasteiger partial charge in [0.25, 0.3) is 0 Å². The van der Waals surface area contributed by atoms with Gasteiger partial charge in [0.1, 0.15) is 12.0 Å². The van der Waals surface area contributed by atoms with Gasteiger partial charge in [-0.25, -0.2) is 14.2 Å². The van der Waals surface area contributed by atoms with E-state index in [0.717, 1.165) is 10.4 Å². The number of nitrogens with zero attached hydrogens (tertiary/aromatic N) is 1.